The maximum atomic E-state index is 12.6. The highest BCUT2D eigenvalue weighted by Gasteiger charge is 2.24. The fraction of sp³-hybridized carbons (Fsp3) is 0.389. The number of hydrogen-bond donors (Lipinski definition) is 1. The summed E-state index contributed by atoms with van der Waals surface area (Å²) in [6.45, 7) is 4.97. The average Bonchev–Trinajstić information content (AvgIpc) is 2.63. The van der Waals surface area contributed by atoms with Crippen LogP contribution in [0.15, 0.2) is 24.3 Å². The van der Waals surface area contributed by atoms with Crippen molar-refractivity contribution in [1.29, 1.82) is 5.26 Å². The number of carbonyl (C=O) groups is 1. The Morgan fingerprint density at radius 1 is 1.20 bits per heavy atom. The molecule has 2 aromatic heterocycles. The Morgan fingerprint density at radius 3 is 2.56 bits per heavy atom. The first-order valence-corrected chi connectivity index (χ1v) is 8.30. The molecule has 1 fully saturated rings. The zero-order valence-corrected chi connectivity index (χ0v) is 14.4. The molecule has 0 atom stereocenters. The van der Waals surface area contributed by atoms with Crippen LogP contribution in [0.2, 0.25) is 0 Å². The molecule has 1 amide bonds. The molecule has 2 aromatic rings. The van der Waals surface area contributed by atoms with Crippen molar-refractivity contribution < 1.29 is 4.79 Å². The van der Waals surface area contributed by atoms with E-state index in [0.29, 0.717) is 30.0 Å². The lowest BCUT2D eigenvalue weighted by Gasteiger charge is -2.32. The monoisotopic (exact) mass is 336 g/mol. The highest BCUT2D eigenvalue weighted by molar-refractivity contribution is 5.92. The standard InChI is InChI=1S/C18H20N6O/c1-12-3-6-17(23-22-12)21-15-7-9-24(10-8-15)18(25)16-5-4-14(11-19)13(2)20-16/h3-6,15H,7-10H2,1-2H3,(H,21,23). The lowest BCUT2D eigenvalue weighted by molar-refractivity contribution is 0.0712. The number of aromatic nitrogens is 3. The van der Waals surface area contributed by atoms with E-state index in [-0.39, 0.29) is 11.9 Å². The highest BCUT2D eigenvalue weighted by Crippen LogP contribution is 2.17. The Balaban J connectivity index is 1.58. The molecular weight excluding hydrogens is 316 g/mol. The predicted octanol–water partition coefficient (Wildman–Crippen LogP) is 2.08. The van der Waals surface area contributed by atoms with E-state index in [4.69, 9.17) is 5.26 Å². The third kappa shape index (κ3) is 3.91. The zero-order chi connectivity index (χ0) is 17.8. The fourth-order valence-corrected chi connectivity index (χ4v) is 2.87. The molecule has 0 unspecified atom stereocenters. The van der Waals surface area contributed by atoms with Gasteiger partial charge < -0.3 is 10.2 Å². The summed E-state index contributed by atoms with van der Waals surface area (Å²) in [5.41, 5.74) is 2.37. The first-order chi connectivity index (χ1) is 12.1. The molecule has 0 aliphatic carbocycles. The summed E-state index contributed by atoms with van der Waals surface area (Å²) >= 11 is 0. The minimum Gasteiger partial charge on any atom is -0.366 e. The number of piperidine rings is 1. The topological polar surface area (TPSA) is 94.8 Å². The van der Waals surface area contributed by atoms with Gasteiger partial charge in [-0.05, 0) is 51.0 Å². The summed E-state index contributed by atoms with van der Waals surface area (Å²) in [7, 11) is 0. The van der Waals surface area contributed by atoms with Gasteiger partial charge in [0.15, 0.2) is 0 Å². The van der Waals surface area contributed by atoms with Gasteiger partial charge in [-0.2, -0.15) is 10.4 Å². The van der Waals surface area contributed by atoms with Crippen LogP contribution in [0.3, 0.4) is 0 Å². The van der Waals surface area contributed by atoms with Crippen LogP contribution < -0.4 is 5.32 Å². The van der Waals surface area contributed by atoms with Crippen LogP contribution in [0.1, 0.15) is 40.3 Å². The first kappa shape index (κ1) is 16.8. The SMILES string of the molecule is Cc1ccc(NC2CCN(C(=O)c3ccc(C#N)c(C)n3)CC2)nn1. The van der Waals surface area contributed by atoms with Crippen LogP contribution in [0.5, 0.6) is 0 Å². The molecule has 7 heteroatoms. The van der Waals surface area contributed by atoms with Gasteiger partial charge in [-0.1, -0.05) is 0 Å². The maximum Gasteiger partial charge on any atom is 0.272 e. The van der Waals surface area contributed by atoms with Gasteiger partial charge in [-0.25, -0.2) is 4.98 Å². The molecule has 1 aliphatic rings. The number of amides is 1. The van der Waals surface area contributed by atoms with Crippen molar-refractivity contribution in [2.75, 3.05) is 18.4 Å². The second-order valence-corrected chi connectivity index (χ2v) is 6.21. The fourth-order valence-electron chi connectivity index (χ4n) is 2.87. The molecule has 0 bridgehead atoms. The third-order valence-corrected chi connectivity index (χ3v) is 4.36. The summed E-state index contributed by atoms with van der Waals surface area (Å²) in [6.07, 6.45) is 1.69. The Labute approximate surface area is 146 Å². The minimum absolute atomic E-state index is 0.0823. The minimum atomic E-state index is -0.0823. The number of rotatable bonds is 3. The molecule has 0 aromatic carbocycles. The second kappa shape index (κ2) is 7.26. The lowest BCUT2D eigenvalue weighted by Crippen LogP contribution is -2.42. The van der Waals surface area contributed by atoms with Crippen molar-refractivity contribution in [3.63, 3.8) is 0 Å². The van der Waals surface area contributed by atoms with Gasteiger partial charge in [-0.15, -0.1) is 5.10 Å². The molecule has 1 N–H and O–H groups in total. The van der Waals surface area contributed by atoms with Crippen molar-refractivity contribution >= 4 is 11.7 Å². The summed E-state index contributed by atoms with van der Waals surface area (Å²) in [5.74, 6) is 0.681. The van der Waals surface area contributed by atoms with Crippen molar-refractivity contribution in [2.45, 2.75) is 32.7 Å². The van der Waals surface area contributed by atoms with E-state index < -0.39 is 0 Å². The molecule has 3 heterocycles. The van der Waals surface area contributed by atoms with Crippen LogP contribution >= 0.6 is 0 Å². The van der Waals surface area contributed by atoms with E-state index in [9.17, 15) is 4.79 Å². The number of likely N-dealkylation sites (tertiary alicyclic amines) is 1. The summed E-state index contributed by atoms with van der Waals surface area (Å²) < 4.78 is 0. The van der Waals surface area contributed by atoms with Gasteiger partial charge in [0, 0.05) is 19.1 Å². The van der Waals surface area contributed by atoms with Crippen LogP contribution in [-0.4, -0.2) is 45.1 Å². The molecule has 0 spiro atoms. The predicted molar refractivity (Wildman–Crippen MR) is 93.0 cm³/mol. The Hall–Kier alpha value is -3.01. The van der Waals surface area contributed by atoms with Gasteiger partial charge in [-0.3, -0.25) is 4.79 Å². The molecule has 25 heavy (non-hydrogen) atoms. The van der Waals surface area contributed by atoms with E-state index >= 15 is 0 Å². The van der Waals surface area contributed by atoms with E-state index in [2.05, 4.69) is 26.6 Å². The van der Waals surface area contributed by atoms with E-state index in [1.807, 2.05) is 24.0 Å². The van der Waals surface area contributed by atoms with Crippen molar-refractivity contribution in [2.24, 2.45) is 0 Å². The summed E-state index contributed by atoms with van der Waals surface area (Å²) in [5, 5.41) is 20.5. The molecule has 1 aliphatic heterocycles. The third-order valence-electron chi connectivity index (χ3n) is 4.36. The van der Waals surface area contributed by atoms with E-state index in [1.54, 1.807) is 19.1 Å². The number of hydrogen-bond acceptors (Lipinski definition) is 6. The normalized spacial score (nSPS) is 14.8. The molecule has 1 saturated heterocycles. The van der Waals surface area contributed by atoms with E-state index in [1.165, 1.54) is 0 Å². The van der Waals surface area contributed by atoms with Gasteiger partial charge >= 0.3 is 0 Å². The second-order valence-electron chi connectivity index (χ2n) is 6.21. The van der Waals surface area contributed by atoms with Crippen molar-refractivity contribution in [1.82, 2.24) is 20.1 Å². The van der Waals surface area contributed by atoms with Gasteiger partial charge in [0.2, 0.25) is 0 Å². The Kier molecular flexibility index (Phi) is 4.89. The molecule has 3 rings (SSSR count). The van der Waals surface area contributed by atoms with Crippen LogP contribution in [0.4, 0.5) is 5.82 Å². The number of nitriles is 1. The molecular formula is C18H20N6O. The zero-order valence-electron chi connectivity index (χ0n) is 14.4. The number of carbonyl (C=O) groups excluding carboxylic acids is 1. The average molecular weight is 336 g/mol. The number of aryl methyl sites for hydroxylation is 2. The van der Waals surface area contributed by atoms with Crippen LogP contribution in [0.25, 0.3) is 0 Å². The van der Waals surface area contributed by atoms with E-state index in [0.717, 1.165) is 24.4 Å². The number of anilines is 1. The lowest BCUT2D eigenvalue weighted by atomic mass is 10.0. The van der Waals surface area contributed by atoms with Crippen LogP contribution in [0, 0.1) is 25.2 Å². The van der Waals surface area contributed by atoms with Gasteiger partial charge in [0.05, 0.1) is 17.0 Å². The smallest absolute Gasteiger partial charge is 0.272 e. The summed E-state index contributed by atoms with van der Waals surface area (Å²) in [6, 6.07) is 9.46. The van der Waals surface area contributed by atoms with Crippen LogP contribution in [-0.2, 0) is 0 Å². The van der Waals surface area contributed by atoms with Gasteiger partial charge in [0.1, 0.15) is 17.6 Å². The highest BCUT2D eigenvalue weighted by atomic mass is 16.2. The van der Waals surface area contributed by atoms with Crippen molar-refractivity contribution in [3.05, 3.63) is 46.9 Å². The first-order valence-electron chi connectivity index (χ1n) is 8.30. The quantitative estimate of drug-likeness (QED) is 0.922. The summed E-state index contributed by atoms with van der Waals surface area (Å²) in [4.78, 5) is 18.7. The van der Waals surface area contributed by atoms with Crippen molar-refractivity contribution in [3.8, 4) is 6.07 Å². The number of nitrogens with zero attached hydrogens (tertiary/aromatic N) is 5. The Bertz CT molecular complexity index is 803. The number of pyridine rings is 1. The molecule has 0 radical (unpaired) electrons. The molecule has 7 nitrogen and oxygen atoms in total. The molecule has 128 valence electrons. The van der Waals surface area contributed by atoms with Gasteiger partial charge in [0.25, 0.3) is 5.91 Å². The largest absolute Gasteiger partial charge is 0.366 e. The number of nitrogens with one attached hydrogen (secondary N) is 1. The maximum absolute atomic E-state index is 12.6. The Morgan fingerprint density at radius 2 is 1.96 bits per heavy atom. The molecule has 0 saturated carbocycles.